The number of benzene rings is 2. The predicted octanol–water partition coefficient (Wildman–Crippen LogP) is 4.00. The van der Waals surface area contributed by atoms with E-state index >= 15 is 0 Å². The number of ether oxygens (including phenoxy) is 4. The third-order valence-corrected chi connectivity index (χ3v) is 4.58. The molecule has 1 heterocycles. The summed E-state index contributed by atoms with van der Waals surface area (Å²) in [6.07, 6.45) is -0.327. The van der Waals surface area contributed by atoms with E-state index in [2.05, 4.69) is 5.32 Å². The predicted molar refractivity (Wildman–Crippen MR) is 108 cm³/mol. The highest BCUT2D eigenvalue weighted by Crippen LogP contribution is 2.38. The van der Waals surface area contributed by atoms with Gasteiger partial charge < -0.3 is 24.3 Å². The van der Waals surface area contributed by atoms with Crippen LogP contribution >= 0.6 is 11.6 Å². The Balaban J connectivity index is 1.70. The van der Waals surface area contributed by atoms with Gasteiger partial charge in [-0.05, 0) is 43.7 Å². The fourth-order valence-electron chi connectivity index (χ4n) is 2.78. The molecule has 154 valence electrons. The number of aryl methyl sites for hydroxylation is 1. The summed E-state index contributed by atoms with van der Waals surface area (Å²) in [6.45, 7) is 4.32. The van der Waals surface area contributed by atoms with Crippen LogP contribution in [0.4, 0.5) is 5.69 Å². The van der Waals surface area contributed by atoms with Crippen molar-refractivity contribution in [1.82, 2.24) is 0 Å². The molecule has 1 atom stereocenters. The summed E-state index contributed by atoms with van der Waals surface area (Å²) in [5.74, 6) is 0.114. The molecule has 0 saturated carbocycles. The van der Waals surface area contributed by atoms with E-state index in [4.69, 9.17) is 30.5 Å². The molecule has 0 bridgehead atoms. The Morgan fingerprint density at radius 1 is 1.17 bits per heavy atom. The van der Waals surface area contributed by atoms with Gasteiger partial charge in [0, 0.05) is 6.42 Å². The zero-order valence-corrected chi connectivity index (χ0v) is 17.2. The number of anilines is 1. The summed E-state index contributed by atoms with van der Waals surface area (Å²) in [4.78, 5) is 25.0. The highest BCUT2D eigenvalue weighted by atomic mass is 35.5. The number of methoxy groups -OCH3 is 1. The molecule has 2 aromatic rings. The number of halogens is 1. The van der Waals surface area contributed by atoms with Gasteiger partial charge in [0.1, 0.15) is 5.75 Å². The number of hydrogen-bond donors (Lipinski definition) is 1. The van der Waals surface area contributed by atoms with Gasteiger partial charge in [-0.3, -0.25) is 4.79 Å². The monoisotopic (exact) mass is 419 g/mol. The molecule has 1 N–H and O–H groups in total. The quantitative estimate of drug-likeness (QED) is 0.737. The lowest BCUT2D eigenvalue weighted by molar-refractivity contribution is -0.123. The average molecular weight is 420 g/mol. The van der Waals surface area contributed by atoms with Crippen molar-refractivity contribution in [2.75, 3.05) is 25.6 Å². The third kappa shape index (κ3) is 4.92. The minimum absolute atomic E-state index is 0.173. The van der Waals surface area contributed by atoms with Gasteiger partial charge in [0.25, 0.3) is 5.91 Å². The summed E-state index contributed by atoms with van der Waals surface area (Å²) in [5, 5.41) is 2.96. The van der Waals surface area contributed by atoms with E-state index in [0.29, 0.717) is 42.6 Å². The van der Waals surface area contributed by atoms with Crippen molar-refractivity contribution in [3.05, 3.63) is 46.5 Å². The van der Waals surface area contributed by atoms with Crippen LogP contribution in [-0.2, 0) is 9.53 Å². The van der Waals surface area contributed by atoms with Crippen molar-refractivity contribution in [2.24, 2.45) is 0 Å². The lowest BCUT2D eigenvalue weighted by Gasteiger charge is -2.16. The van der Waals surface area contributed by atoms with Gasteiger partial charge in [-0.2, -0.15) is 0 Å². The van der Waals surface area contributed by atoms with Crippen LogP contribution in [0.1, 0.15) is 29.3 Å². The Morgan fingerprint density at radius 3 is 2.69 bits per heavy atom. The molecule has 0 radical (unpaired) electrons. The zero-order chi connectivity index (χ0) is 21.0. The zero-order valence-electron chi connectivity index (χ0n) is 16.4. The maximum atomic E-state index is 12.5. The SMILES string of the molecule is COc1ccc(C)cc1NC(=O)C(C)OC(=O)c1cc(Cl)c2c(c1)OCCCO2. The lowest BCUT2D eigenvalue weighted by atomic mass is 10.2. The van der Waals surface area contributed by atoms with Gasteiger partial charge in [0.2, 0.25) is 0 Å². The van der Waals surface area contributed by atoms with Gasteiger partial charge in [0.05, 0.1) is 36.6 Å². The first-order valence-electron chi connectivity index (χ1n) is 9.14. The van der Waals surface area contributed by atoms with Crippen molar-refractivity contribution in [3.8, 4) is 17.2 Å². The van der Waals surface area contributed by atoms with E-state index in [1.807, 2.05) is 13.0 Å². The van der Waals surface area contributed by atoms with E-state index in [0.717, 1.165) is 5.56 Å². The van der Waals surface area contributed by atoms with E-state index in [1.54, 1.807) is 12.1 Å². The van der Waals surface area contributed by atoms with E-state index < -0.39 is 18.0 Å². The molecule has 8 heteroatoms. The smallest absolute Gasteiger partial charge is 0.339 e. The first kappa shape index (κ1) is 20.8. The van der Waals surface area contributed by atoms with Crippen molar-refractivity contribution < 1.29 is 28.5 Å². The molecule has 2 aromatic carbocycles. The Bertz CT molecular complexity index is 930. The van der Waals surface area contributed by atoms with Gasteiger partial charge in [0.15, 0.2) is 17.6 Å². The molecule has 7 nitrogen and oxygen atoms in total. The molecule has 0 aliphatic carbocycles. The molecule has 1 aliphatic heterocycles. The van der Waals surface area contributed by atoms with Gasteiger partial charge >= 0.3 is 5.97 Å². The molecule has 0 spiro atoms. The van der Waals surface area contributed by atoms with Crippen LogP contribution in [0.3, 0.4) is 0 Å². The number of esters is 1. The van der Waals surface area contributed by atoms with Crippen LogP contribution in [0.15, 0.2) is 30.3 Å². The van der Waals surface area contributed by atoms with Crippen LogP contribution in [0, 0.1) is 6.92 Å². The highest BCUT2D eigenvalue weighted by Gasteiger charge is 2.23. The van der Waals surface area contributed by atoms with Gasteiger partial charge in [-0.1, -0.05) is 17.7 Å². The van der Waals surface area contributed by atoms with Crippen LogP contribution in [0.2, 0.25) is 5.02 Å². The van der Waals surface area contributed by atoms with Crippen molar-refractivity contribution in [1.29, 1.82) is 0 Å². The van der Waals surface area contributed by atoms with Crippen LogP contribution < -0.4 is 19.5 Å². The Kier molecular flexibility index (Phi) is 6.49. The number of fused-ring (bicyclic) bond motifs is 1. The molecule has 1 unspecified atom stereocenters. The minimum atomic E-state index is -1.04. The number of carbonyl (C=O) groups is 2. The van der Waals surface area contributed by atoms with Crippen molar-refractivity contribution in [3.63, 3.8) is 0 Å². The highest BCUT2D eigenvalue weighted by molar-refractivity contribution is 6.32. The summed E-state index contributed by atoms with van der Waals surface area (Å²) in [5.41, 5.74) is 1.62. The number of nitrogens with one attached hydrogen (secondary N) is 1. The summed E-state index contributed by atoms with van der Waals surface area (Å²) < 4.78 is 21.7. The molecule has 1 amide bonds. The summed E-state index contributed by atoms with van der Waals surface area (Å²) in [7, 11) is 1.51. The van der Waals surface area contributed by atoms with Crippen LogP contribution in [0.25, 0.3) is 0 Å². The first-order chi connectivity index (χ1) is 13.9. The van der Waals surface area contributed by atoms with Gasteiger partial charge in [-0.25, -0.2) is 4.79 Å². The maximum absolute atomic E-state index is 12.5. The molecule has 29 heavy (non-hydrogen) atoms. The average Bonchev–Trinajstić information content (AvgIpc) is 2.94. The fourth-order valence-corrected chi connectivity index (χ4v) is 3.05. The second-order valence-electron chi connectivity index (χ2n) is 6.58. The Morgan fingerprint density at radius 2 is 1.93 bits per heavy atom. The number of amides is 1. The van der Waals surface area contributed by atoms with Crippen molar-refractivity contribution >= 4 is 29.2 Å². The van der Waals surface area contributed by atoms with Crippen LogP contribution in [-0.4, -0.2) is 38.3 Å². The summed E-state index contributed by atoms with van der Waals surface area (Å²) >= 11 is 6.21. The first-order valence-corrected chi connectivity index (χ1v) is 9.52. The van der Waals surface area contributed by atoms with E-state index in [1.165, 1.54) is 26.2 Å². The Labute approximate surface area is 173 Å². The molecule has 0 aromatic heterocycles. The molecular formula is C21H22ClNO6. The second-order valence-corrected chi connectivity index (χ2v) is 6.98. The summed E-state index contributed by atoms with van der Waals surface area (Å²) in [6, 6.07) is 8.33. The molecule has 0 saturated heterocycles. The Hall–Kier alpha value is -2.93. The van der Waals surface area contributed by atoms with E-state index in [-0.39, 0.29) is 10.6 Å². The second kappa shape index (κ2) is 9.05. The normalized spacial score (nSPS) is 13.8. The topological polar surface area (TPSA) is 83.1 Å². The lowest BCUT2D eigenvalue weighted by Crippen LogP contribution is -2.30. The molecular weight excluding hydrogens is 398 g/mol. The standard InChI is InChI=1S/C21H22ClNO6/c1-12-5-6-17(26-3)16(9-12)23-20(24)13(2)29-21(25)14-10-15(22)19-18(11-14)27-7-4-8-28-19/h5-6,9-11,13H,4,7-8H2,1-3H3,(H,23,24). The van der Waals surface area contributed by atoms with Crippen molar-refractivity contribution in [2.45, 2.75) is 26.4 Å². The number of hydrogen-bond acceptors (Lipinski definition) is 6. The van der Waals surface area contributed by atoms with E-state index in [9.17, 15) is 9.59 Å². The number of rotatable bonds is 5. The fraction of sp³-hybridized carbons (Fsp3) is 0.333. The maximum Gasteiger partial charge on any atom is 0.339 e. The number of carbonyl (C=O) groups excluding carboxylic acids is 2. The molecule has 1 aliphatic rings. The minimum Gasteiger partial charge on any atom is -0.495 e. The van der Waals surface area contributed by atoms with Crippen LogP contribution in [0.5, 0.6) is 17.2 Å². The van der Waals surface area contributed by atoms with Gasteiger partial charge in [-0.15, -0.1) is 0 Å². The molecule has 0 fully saturated rings. The third-order valence-electron chi connectivity index (χ3n) is 4.30. The largest absolute Gasteiger partial charge is 0.495 e. The molecule has 3 rings (SSSR count).